The SMILES string of the molecule is CCN(CC)C(=O)[C@H]1CCCN(c2nc3ccccc3c3nnc(-c4cccs4)n23)C1. The summed E-state index contributed by atoms with van der Waals surface area (Å²) < 4.78 is 2.07. The highest BCUT2D eigenvalue weighted by atomic mass is 32.1. The number of piperidine rings is 1. The second-order valence-corrected chi connectivity index (χ2v) is 8.83. The van der Waals surface area contributed by atoms with Crippen LogP contribution in [0, 0.1) is 5.92 Å². The van der Waals surface area contributed by atoms with E-state index in [0.29, 0.717) is 6.54 Å². The van der Waals surface area contributed by atoms with Gasteiger partial charge in [0.25, 0.3) is 0 Å². The number of aromatic nitrogens is 4. The maximum atomic E-state index is 13.1. The van der Waals surface area contributed by atoms with Gasteiger partial charge in [-0.1, -0.05) is 18.2 Å². The Morgan fingerprint density at radius 2 is 2.00 bits per heavy atom. The first-order valence-corrected chi connectivity index (χ1v) is 11.8. The zero-order valence-corrected chi connectivity index (χ0v) is 18.7. The van der Waals surface area contributed by atoms with Gasteiger partial charge in [-0.3, -0.25) is 4.79 Å². The van der Waals surface area contributed by atoms with Gasteiger partial charge in [0, 0.05) is 31.6 Å². The Morgan fingerprint density at radius 3 is 2.77 bits per heavy atom. The van der Waals surface area contributed by atoms with Gasteiger partial charge in [0.15, 0.2) is 11.5 Å². The number of benzene rings is 1. The molecule has 0 bridgehead atoms. The molecular weight excluding hydrogens is 408 g/mol. The molecule has 1 fully saturated rings. The van der Waals surface area contributed by atoms with E-state index in [9.17, 15) is 4.79 Å². The van der Waals surface area contributed by atoms with Crippen molar-refractivity contribution >= 4 is 39.7 Å². The van der Waals surface area contributed by atoms with Gasteiger partial charge in [0.05, 0.1) is 16.3 Å². The molecule has 31 heavy (non-hydrogen) atoms. The molecule has 7 nitrogen and oxygen atoms in total. The Morgan fingerprint density at radius 1 is 1.16 bits per heavy atom. The summed E-state index contributed by atoms with van der Waals surface area (Å²) in [6.45, 7) is 7.11. The van der Waals surface area contributed by atoms with Crippen LogP contribution in [0.5, 0.6) is 0 Å². The number of fused-ring (bicyclic) bond motifs is 3. The summed E-state index contributed by atoms with van der Waals surface area (Å²) in [6.07, 6.45) is 1.88. The van der Waals surface area contributed by atoms with E-state index in [1.807, 2.05) is 54.5 Å². The van der Waals surface area contributed by atoms with Gasteiger partial charge >= 0.3 is 0 Å². The zero-order valence-electron chi connectivity index (χ0n) is 17.9. The van der Waals surface area contributed by atoms with Gasteiger partial charge in [-0.2, -0.15) is 0 Å². The van der Waals surface area contributed by atoms with Crippen molar-refractivity contribution in [2.45, 2.75) is 26.7 Å². The van der Waals surface area contributed by atoms with E-state index in [4.69, 9.17) is 4.98 Å². The minimum atomic E-state index is -0.0151. The molecule has 160 valence electrons. The van der Waals surface area contributed by atoms with Gasteiger partial charge < -0.3 is 9.80 Å². The molecule has 0 N–H and O–H groups in total. The van der Waals surface area contributed by atoms with Crippen molar-refractivity contribution in [2.75, 3.05) is 31.1 Å². The smallest absolute Gasteiger partial charge is 0.227 e. The van der Waals surface area contributed by atoms with Gasteiger partial charge in [0.1, 0.15) is 0 Å². The number of hydrogen-bond acceptors (Lipinski definition) is 6. The third-order valence-corrected chi connectivity index (χ3v) is 6.96. The number of nitrogens with zero attached hydrogens (tertiary/aromatic N) is 6. The van der Waals surface area contributed by atoms with Crippen LogP contribution in [-0.2, 0) is 4.79 Å². The lowest BCUT2D eigenvalue weighted by Crippen LogP contribution is -2.45. The van der Waals surface area contributed by atoms with Crippen LogP contribution in [0.3, 0.4) is 0 Å². The van der Waals surface area contributed by atoms with Gasteiger partial charge in [0.2, 0.25) is 11.9 Å². The maximum Gasteiger partial charge on any atom is 0.227 e. The minimum Gasteiger partial charge on any atom is -0.343 e. The maximum absolute atomic E-state index is 13.1. The van der Waals surface area contributed by atoms with Crippen molar-refractivity contribution in [3.63, 3.8) is 0 Å². The molecule has 4 aromatic rings. The van der Waals surface area contributed by atoms with E-state index in [2.05, 4.69) is 25.6 Å². The summed E-state index contributed by atoms with van der Waals surface area (Å²) in [5, 5.41) is 12.1. The fourth-order valence-electron chi connectivity index (χ4n) is 4.50. The van der Waals surface area contributed by atoms with Gasteiger partial charge in [-0.15, -0.1) is 21.5 Å². The van der Waals surface area contributed by atoms with Crippen LogP contribution in [0.15, 0.2) is 41.8 Å². The van der Waals surface area contributed by atoms with Crippen molar-refractivity contribution in [3.05, 3.63) is 41.8 Å². The largest absolute Gasteiger partial charge is 0.343 e. The highest BCUT2D eigenvalue weighted by Gasteiger charge is 2.31. The van der Waals surface area contributed by atoms with E-state index >= 15 is 0 Å². The lowest BCUT2D eigenvalue weighted by molar-refractivity contribution is -0.135. The Kier molecular flexibility index (Phi) is 5.31. The van der Waals surface area contributed by atoms with Crippen LogP contribution in [0.4, 0.5) is 5.95 Å². The molecule has 0 saturated carbocycles. The van der Waals surface area contributed by atoms with Crippen LogP contribution in [0.25, 0.3) is 27.3 Å². The monoisotopic (exact) mass is 434 g/mol. The summed E-state index contributed by atoms with van der Waals surface area (Å²) >= 11 is 1.64. The number of anilines is 1. The number of amides is 1. The third kappa shape index (κ3) is 3.44. The first-order valence-electron chi connectivity index (χ1n) is 10.9. The number of carbonyl (C=O) groups is 1. The van der Waals surface area contributed by atoms with Crippen LogP contribution in [0.2, 0.25) is 0 Å². The molecule has 1 atom stereocenters. The molecule has 5 rings (SSSR count). The Balaban J connectivity index is 1.63. The molecule has 4 heterocycles. The lowest BCUT2D eigenvalue weighted by Gasteiger charge is -2.35. The molecule has 1 aliphatic rings. The van der Waals surface area contributed by atoms with Crippen molar-refractivity contribution < 1.29 is 4.79 Å². The van der Waals surface area contributed by atoms with Crippen LogP contribution < -0.4 is 4.90 Å². The second-order valence-electron chi connectivity index (χ2n) is 7.88. The molecule has 1 amide bonds. The molecule has 1 saturated heterocycles. The first-order chi connectivity index (χ1) is 15.2. The van der Waals surface area contributed by atoms with Crippen LogP contribution in [-0.4, -0.2) is 56.6 Å². The summed E-state index contributed by atoms with van der Waals surface area (Å²) in [6, 6.07) is 12.1. The molecule has 1 aliphatic heterocycles. The second kappa shape index (κ2) is 8.26. The quantitative estimate of drug-likeness (QED) is 0.473. The average Bonchev–Trinajstić information content (AvgIpc) is 3.49. The molecule has 8 heteroatoms. The predicted molar refractivity (Wildman–Crippen MR) is 124 cm³/mol. The Hall–Kier alpha value is -3.00. The number of rotatable bonds is 5. The van der Waals surface area contributed by atoms with Gasteiger partial charge in [-0.25, -0.2) is 9.38 Å². The van der Waals surface area contributed by atoms with Crippen LogP contribution in [0.1, 0.15) is 26.7 Å². The molecular formula is C23H26N6OS. The molecule has 0 aliphatic carbocycles. The standard InChI is InChI=1S/C23H26N6OS/c1-3-27(4-2)22(30)16-9-7-13-28(15-16)23-24-18-11-6-5-10-17(18)20-25-26-21(29(20)23)19-12-8-14-31-19/h5-6,8,10-12,14,16H,3-4,7,9,13,15H2,1-2H3/t16-/m0/s1. The average molecular weight is 435 g/mol. The lowest BCUT2D eigenvalue weighted by atomic mass is 9.96. The number of para-hydroxylation sites is 1. The van der Waals surface area contributed by atoms with E-state index in [1.165, 1.54) is 0 Å². The normalized spacial score (nSPS) is 16.8. The summed E-state index contributed by atoms with van der Waals surface area (Å²) in [5.74, 6) is 1.85. The molecule has 0 unspecified atom stereocenters. The third-order valence-electron chi connectivity index (χ3n) is 6.10. The van der Waals surface area contributed by atoms with E-state index in [0.717, 1.165) is 65.7 Å². The van der Waals surface area contributed by atoms with E-state index < -0.39 is 0 Å². The number of hydrogen-bond donors (Lipinski definition) is 0. The summed E-state index contributed by atoms with van der Waals surface area (Å²) in [7, 11) is 0. The molecule has 1 aromatic carbocycles. The number of carbonyl (C=O) groups excluding carboxylic acids is 1. The minimum absolute atomic E-state index is 0.0151. The van der Waals surface area contributed by atoms with Crippen molar-refractivity contribution in [3.8, 4) is 10.7 Å². The zero-order chi connectivity index (χ0) is 21.4. The molecule has 0 spiro atoms. The summed E-state index contributed by atoms with van der Waals surface area (Å²) in [4.78, 5) is 23.3. The number of thiophene rings is 1. The summed E-state index contributed by atoms with van der Waals surface area (Å²) in [5.41, 5.74) is 1.70. The van der Waals surface area contributed by atoms with Crippen molar-refractivity contribution in [2.24, 2.45) is 5.92 Å². The fraction of sp³-hybridized carbons (Fsp3) is 0.391. The predicted octanol–water partition coefficient (Wildman–Crippen LogP) is 4.09. The Labute approximate surface area is 185 Å². The Bertz CT molecular complexity index is 1210. The van der Waals surface area contributed by atoms with Crippen molar-refractivity contribution in [1.29, 1.82) is 0 Å². The molecule has 0 radical (unpaired) electrons. The highest BCUT2D eigenvalue weighted by molar-refractivity contribution is 7.13. The van der Waals surface area contributed by atoms with Crippen molar-refractivity contribution in [1.82, 2.24) is 24.5 Å². The first kappa shape index (κ1) is 19.9. The molecule has 3 aromatic heterocycles. The van der Waals surface area contributed by atoms with Gasteiger partial charge in [-0.05, 0) is 50.3 Å². The fourth-order valence-corrected chi connectivity index (χ4v) is 5.20. The van der Waals surface area contributed by atoms with Crippen LogP contribution >= 0.6 is 11.3 Å². The highest BCUT2D eigenvalue weighted by Crippen LogP contribution is 2.32. The van der Waals surface area contributed by atoms with E-state index in [-0.39, 0.29) is 11.8 Å². The van der Waals surface area contributed by atoms with E-state index in [1.54, 1.807) is 11.3 Å². The topological polar surface area (TPSA) is 66.6 Å².